The predicted octanol–water partition coefficient (Wildman–Crippen LogP) is 4.31. The summed E-state index contributed by atoms with van der Waals surface area (Å²) in [6, 6.07) is 13.5. The molecule has 1 N–H and O–H groups in total. The highest BCUT2D eigenvalue weighted by atomic mass is 32.2. The first-order valence-corrected chi connectivity index (χ1v) is 11.9. The van der Waals surface area contributed by atoms with Crippen LogP contribution in [-0.4, -0.2) is 40.8 Å². The van der Waals surface area contributed by atoms with Crippen LogP contribution in [0.1, 0.15) is 38.2 Å². The van der Waals surface area contributed by atoms with Gasteiger partial charge in [-0.2, -0.15) is 8.42 Å². The van der Waals surface area contributed by atoms with E-state index in [1.807, 2.05) is 6.92 Å². The van der Waals surface area contributed by atoms with Crippen molar-refractivity contribution in [2.75, 3.05) is 31.7 Å². The zero-order valence-corrected chi connectivity index (χ0v) is 18.9. The number of unbranched alkanes of at least 4 members (excludes halogenated alkanes) is 1. The van der Waals surface area contributed by atoms with Gasteiger partial charge in [-0.3, -0.25) is 8.98 Å². The van der Waals surface area contributed by atoms with Gasteiger partial charge in [-0.15, -0.1) is 0 Å². The van der Waals surface area contributed by atoms with Crippen LogP contribution in [0.4, 0.5) is 5.69 Å². The smallest absolute Gasteiger partial charge is 0.296 e. The van der Waals surface area contributed by atoms with Crippen LogP contribution in [0.5, 0.6) is 5.75 Å². The van der Waals surface area contributed by atoms with E-state index in [0.717, 1.165) is 18.4 Å². The van der Waals surface area contributed by atoms with E-state index in [1.165, 1.54) is 12.1 Å². The summed E-state index contributed by atoms with van der Waals surface area (Å²) in [6.07, 6.45) is 2.80. The van der Waals surface area contributed by atoms with Crippen LogP contribution in [0.25, 0.3) is 0 Å². The summed E-state index contributed by atoms with van der Waals surface area (Å²) in [7, 11) is -3.76. The molecule has 0 spiro atoms. The minimum atomic E-state index is -3.76. The number of amides is 1. The molecule has 170 valence electrons. The van der Waals surface area contributed by atoms with E-state index in [0.29, 0.717) is 44.1 Å². The lowest BCUT2D eigenvalue weighted by atomic mass is 10.2. The summed E-state index contributed by atoms with van der Waals surface area (Å²) < 4.78 is 40.2. The van der Waals surface area contributed by atoms with E-state index in [2.05, 4.69) is 12.2 Å². The Morgan fingerprint density at radius 1 is 0.903 bits per heavy atom. The average Bonchev–Trinajstić information content (AvgIpc) is 2.75. The number of hydrogen-bond acceptors (Lipinski definition) is 6. The third-order valence-electron chi connectivity index (χ3n) is 4.36. The maximum atomic E-state index is 12.1. The zero-order valence-electron chi connectivity index (χ0n) is 18.1. The van der Waals surface area contributed by atoms with Gasteiger partial charge >= 0.3 is 0 Å². The van der Waals surface area contributed by atoms with E-state index < -0.39 is 10.1 Å². The van der Waals surface area contributed by atoms with E-state index in [1.54, 1.807) is 36.4 Å². The van der Waals surface area contributed by atoms with Crippen molar-refractivity contribution in [2.24, 2.45) is 0 Å². The molecule has 0 heterocycles. The highest BCUT2D eigenvalue weighted by molar-refractivity contribution is 7.86. The first-order valence-electron chi connectivity index (χ1n) is 10.5. The van der Waals surface area contributed by atoms with Crippen LogP contribution in [0, 0.1) is 6.92 Å². The summed E-state index contributed by atoms with van der Waals surface area (Å²) in [5, 5.41) is 2.81. The molecule has 0 atom stereocenters. The fraction of sp³-hybridized carbons (Fsp3) is 0.435. The molecule has 2 aromatic carbocycles. The van der Waals surface area contributed by atoms with Gasteiger partial charge < -0.3 is 14.8 Å². The van der Waals surface area contributed by atoms with Crippen molar-refractivity contribution in [3.63, 3.8) is 0 Å². The van der Waals surface area contributed by atoms with Crippen molar-refractivity contribution < 1.29 is 26.9 Å². The van der Waals surface area contributed by atoms with Crippen molar-refractivity contribution >= 4 is 21.7 Å². The summed E-state index contributed by atoms with van der Waals surface area (Å²) in [5.41, 5.74) is 1.66. The molecule has 1 amide bonds. The molecule has 0 bridgehead atoms. The number of ether oxygens (including phenoxy) is 2. The normalized spacial score (nSPS) is 11.3. The molecule has 0 aliphatic rings. The summed E-state index contributed by atoms with van der Waals surface area (Å²) in [6.45, 7) is 5.41. The SMILES string of the molecule is CCCCOCCC(=O)Nc1ccc(OCCCOS(=O)(=O)c2ccc(C)cc2)cc1. The van der Waals surface area contributed by atoms with Gasteiger partial charge in [-0.25, -0.2) is 0 Å². The Bertz CT molecular complexity index is 895. The Labute approximate surface area is 184 Å². The standard InChI is InChI=1S/C23H31NO6S/c1-3-4-15-28-18-14-23(25)24-20-8-10-21(11-9-20)29-16-5-17-30-31(26,27)22-12-6-19(2)7-13-22/h6-13H,3-5,14-18H2,1-2H3,(H,24,25). The molecule has 2 rings (SSSR count). The van der Waals surface area contributed by atoms with Gasteiger partial charge in [0.15, 0.2) is 0 Å². The van der Waals surface area contributed by atoms with Crippen LogP contribution in [0.3, 0.4) is 0 Å². The second-order valence-electron chi connectivity index (χ2n) is 7.08. The number of carbonyl (C=O) groups excluding carboxylic acids is 1. The second kappa shape index (κ2) is 13.1. The molecule has 8 heteroatoms. The molecule has 2 aromatic rings. The van der Waals surface area contributed by atoms with Gasteiger partial charge in [0.2, 0.25) is 5.91 Å². The van der Waals surface area contributed by atoms with E-state index in [-0.39, 0.29) is 17.4 Å². The van der Waals surface area contributed by atoms with Crippen LogP contribution in [0.15, 0.2) is 53.4 Å². The van der Waals surface area contributed by atoms with Crippen LogP contribution in [-0.2, 0) is 23.8 Å². The van der Waals surface area contributed by atoms with Crippen LogP contribution >= 0.6 is 0 Å². The number of hydrogen-bond donors (Lipinski definition) is 1. The largest absolute Gasteiger partial charge is 0.494 e. The van der Waals surface area contributed by atoms with Gasteiger partial charge in [-0.1, -0.05) is 31.0 Å². The highest BCUT2D eigenvalue weighted by Crippen LogP contribution is 2.17. The highest BCUT2D eigenvalue weighted by Gasteiger charge is 2.14. The van der Waals surface area contributed by atoms with E-state index in [9.17, 15) is 13.2 Å². The monoisotopic (exact) mass is 449 g/mol. The molecule has 0 radical (unpaired) electrons. The number of benzene rings is 2. The Hall–Kier alpha value is -2.42. The van der Waals surface area contributed by atoms with E-state index in [4.69, 9.17) is 13.7 Å². The lowest BCUT2D eigenvalue weighted by Gasteiger charge is -2.09. The van der Waals surface area contributed by atoms with Crippen molar-refractivity contribution in [3.05, 3.63) is 54.1 Å². The van der Waals surface area contributed by atoms with Crippen molar-refractivity contribution in [1.82, 2.24) is 0 Å². The summed E-state index contributed by atoms with van der Waals surface area (Å²) in [4.78, 5) is 12.0. The molecule has 7 nitrogen and oxygen atoms in total. The molecule has 0 saturated carbocycles. The number of carbonyl (C=O) groups is 1. The van der Waals surface area contributed by atoms with Crippen molar-refractivity contribution in [2.45, 2.75) is 44.4 Å². The van der Waals surface area contributed by atoms with E-state index >= 15 is 0 Å². The van der Waals surface area contributed by atoms with Crippen molar-refractivity contribution in [1.29, 1.82) is 0 Å². The number of aryl methyl sites for hydroxylation is 1. The predicted molar refractivity (Wildman–Crippen MR) is 120 cm³/mol. The molecule has 0 aromatic heterocycles. The van der Waals surface area contributed by atoms with Crippen LogP contribution < -0.4 is 10.1 Å². The van der Waals surface area contributed by atoms with Gasteiger partial charge in [0.05, 0.1) is 31.1 Å². The summed E-state index contributed by atoms with van der Waals surface area (Å²) in [5.74, 6) is 0.527. The molecule has 0 aliphatic heterocycles. The Balaban J connectivity index is 1.64. The van der Waals surface area contributed by atoms with Gasteiger partial charge in [0.25, 0.3) is 10.1 Å². The molecule has 0 aliphatic carbocycles. The first-order chi connectivity index (χ1) is 14.9. The van der Waals surface area contributed by atoms with Gasteiger partial charge in [-0.05, 0) is 49.7 Å². The lowest BCUT2D eigenvalue weighted by molar-refractivity contribution is -0.117. The molecule has 0 fully saturated rings. The second-order valence-corrected chi connectivity index (χ2v) is 8.70. The Morgan fingerprint density at radius 3 is 2.29 bits per heavy atom. The topological polar surface area (TPSA) is 90.9 Å². The van der Waals surface area contributed by atoms with Crippen molar-refractivity contribution in [3.8, 4) is 5.75 Å². The fourth-order valence-corrected chi connectivity index (χ4v) is 3.50. The van der Waals surface area contributed by atoms with Gasteiger partial charge in [0.1, 0.15) is 5.75 Å². The van der Waals surface area contributed by atoms with Gasteiger partial charge in [0, 0.05) is 18.7 Å². The third-order valence-corrected chi connectivity index (χ3v) is 5.69. The maximum Gasteiger partial charge on any atom is 0.296 e. The molecule has 0 unspecified atom stereocenters. The third kappa shape index (κ3) is 9.50. The number of anilines is 1. The average molecular weight is 450 g/mol. The molecule has 0 saturated heterocycles. The fourth-order valence-electron chi connectivity index (χ4n) is 2.56. The first kappa shape index (κ1) is 24.8. The molecule has 31 heavy (non-hydrogen) atoms. The molecular formula is C23H31NO6S. The Kier molecular flexibility index (Phi) is 10.5. The lowest BCUT2D eigenvalue weighted by Crippen LogP contribution is -2.14. The summed E-state index contributed by atoms with van der Waals surface area (Å²) >= 11 is 0. The number of nitrogens with one attached hydrogen (secondary N) is 1. The number of rotatable bonds is 14. The Morgan fingerprint density at radius 2 is 1.61 bits per heavy atom. The minimum absolute atomic E-state index is 0.0324. The van der Waals surface area contributed by atoms with Crippen LogP contribution in [0.2, 0.25) is 0 Å². The quantitative estimate of drug-likeness (QED) is 0.341. The minimum Gasteiger partial charge on any atom is -0.494 e. The molecular weight excluding hydrogens is 418 g/mol. The maximum absolute atomic E-state index is 12.1. The zero-order chi connectivity index (χ0) is 22.5.